The Bertz CT molecular complexity index is 1270. The van der Waals surface area contributed by atoms with E-state index < -0.39 is 38.3 Å². The number of hydrogen-bond donors (Lipinski definition) is 3. The van der Waals surface area contributed by atoms with Crippen molar-refractivity contribution in [2.45, 2.75) is 18.0 Å². The summed E-state index contributed by atoms with van der Waals surface area (Å²) in [5.74, 6) is -2.85. The van der Waals surface area contributed by atoms with Crippen molar-refractivity contribution in [3.8, 4) is 0 Å². The van der Waals surface area contributed by atoms with Crippen LogP contribution in [0.2, 0.25) is 0 Å². The Labute approximate surface area is 193 Å². The second kappa shape index (κ2) is 10.1. The maximum atomic E-state index is 14.5. The summed E-state index contributed by atoms with van der Waals surface area (Å²) >= 11 is 0.783. The Morgan fingerprint density at radius 1 is 1.33 bits per heavy atom. The van der Waals surface area contributed by atoms with Gasteiger partial charge in [0.05, 0.1) is 16.1 Å². The molecule has 33 heavy (non-hydrogen) atoms. The molecule has 2 heterocycles. The molecule has 0 bridgehead atoms. The fraction of sp³-hybridized carbons (Fsp3) is 0.263. The zero-order valence-corrected chi connectivity index (χ0v) is 19.4. The van der Waals surface area contributed by atoms with Crippen LogP contribution in [-0.2, 0) is 27.9 Å². The number of rotatable bonds is 10. The largest absolute Gasteiger partial charge is 0.476 e. The van der Waals surface area contributed by atoms with Gasteiger partial charge in [0, 0.05) is 6.54 Å². The van der Waals surface area contributed by atoms with Gasteiger partial charge in [-0.25, -0.2) is 31.7 Å². The molecule has 0 unspecified atom stereocenters. The topological polar surface area (TPSA) is 138 Å². The molecule has 1 aromatic carbocycles. The van der Waals surface area contributed by atoms with Crippen LogP contribution in [0.25, 0.3) is 0 Å². The van der Waals surface area contributed by atoms with Gasteiger partial charge in [-0.3, -0.25) is 9.52 Å². The number of halogens is 1. The van der Waals surface area contributed by atoms with Gasteiger partial charge in [0.1, 0.15) is 29.8 Å². The monoisotopic (exact) mass is 497 g/mol. The molecule has 0 saturated carbocycles. The van der Waals surface area contributed by atoms with E-state index in [-0.39, 0.29) is 17.2 Å². The number of thiazole rings is 1. The third-order valence-corrected chi connectivity index (χ3v) is 6.62. The average molecular weight is 498 g/mol. The summed E-state index contributed by atoms with van der Waals surface area (Å²) in [6.07, 6.45) is 5.30. The number of anilines is 2. The van der Waals surface area contributed by atoms with E-state index in [9.17, 15) is 22.4 Å². The Balaban J connectivity index is 1.66. The fourth-order valence-corrected chi connectivity index (χ4v) is 4.75. The smallest absolute Gasteiger partial charge is 0.357 e. The van der Waals surface area contributed by atoms with Crippen LogP contribution in [0.3, 0.4) is 0 Å². The second-order valence-corrected chi connectivity index (χ2v) is 9.79. The van der Waals surface area contributed by atoms with Crippen molar-refractivity contribution in [3.05, 3.63) is 53.9 Å². The van der Waals surface area contributed by atoms with E-state index >= 15 is 0 Å². The molecule has 11 nitrogen and oxygen atoms in total. The number of aromatic nitrogens is 3. The molecule has 0 radical (unpaired) electrons. The molecule has 0 spiro atoms. The molecule has 0 atom stereocenters. The lowest BCUT2D eigenvalue weighted by Gasteiger charge is -2.09. The second-order valence-electron chi connectivity index (χ2n) is 7.26. The van der Waals surface area contributed by atoms with Gasteiger partial charge in [0.2, 0.25) is 6.33 Å². The number of sulfonamides is 1. The minimum Gasteiger partial charge on any atom is -0.476 e. The van der Waals surface area contributed by atoms with Crippen LogP contribution in [0.15, 0.2) is 47.3 Å². The summed E-state index contributed by atoms with van der Waals surface area (Å²) in [7, 11) is -0.356. The molecule has 3 aromatic rings. The number of benzene rings is 1. The molecule has 0 saturated heterocycles. The quantitative estimate of drug-likeness (QED) is 0.356. The predicted molar refractivity (Wildman–Crippen MR) is 118 cm³/mol. The fourth-order valence-electron chi connectivity index (χ4n) is 2.75. The highest BCUT2D eigenvalue weighted by Crippen LogP contribution is 2.25. The third kappa shape index (κ3) is 6.34. The lowest BCUT2D eigenvalue weighted by molar-refractivity contribution is -0.683. The van der Waals surface area contributed by atoms with Crippen LogP contribution in [0.5, 0.6) is 0 Å². The van der Waals surface area contributed by atoms with Gasteiger partial charge in [-0.2, -0.15) is 0 Å². The van der Waals surface area contributed by atoms with Gasteiger partial charge in [0.25, 0.3) is 15.9 Å². The van der Waals surface area contributed by atoms with Gasteiger partial charge in [-0.15, -0.1) is 11.3 Å². The van der Waals surface area contributed by atoms with Crippen molar-refractivity contribution < 1.29 is 32.1 Å². The van der Waals surface area contributed by atoms with Crippen molar-refractivity contribution in [1.29, 1.82) is 0 Å². The maximum Gasteiger partial charge on any atom is 0.357 e. The van der Waals surface area contributed by atoms with Crippen LogP contribution >= 0.6 is 11.3 Å². The summed E-state index contributed by atoms with van der Waals surface area (Å²) < 4.78 is 45.2. The summed E-state index contributed by atoms with van der Waals surface area (Å²) in [5.41, 5.74) is 0.534. The molecule has 0 aliphatic rings. The van der Waals surface area contributed by atoms with Crippen LogP contribution in [0.1, 0.15) is 10.5 Å². The van der Waals surface area contributed by atoms with E-state index in [0.717, 1.165) is 42.6 Å². The number of carbonyl (C=O) groups excluding carboxylic acids is 1. The van der Waals surface area contributed by atoms with Crippen molar-refractivity contribution in [2.75, 3.05) is 30.7 Å². The first-order valence-electron chi connectivity index (χ1n) is 9.53. The van der Waals surface area contributed by atoms with Crippen molar-refractivity contribution >= 4 is 43.9 Å². The van der Waals surface area contributed by atoms with Gasteiger partial charge in [-0.1, -0.05) is 0 Å². The molecule has 0 aliphatic heterocycles. The Morgan fingerprint density at radius 3 is 2.76 bits per heavy atom. The van der Waals surface area contributed by atoms with E-state index in [1.807, 2.05) is 29.8 Å². The van der Waals surface area contributed by atoms with E-state index in [4.69, 9.17) is 5.11 Å². The highest BCUT2D eigenvalue weighted by molar-refractivity contribution is 7.93. The standard InChI is InChI=1S/C19H21FN6O5S2/c1-24(2)5-6-25-7-8-26(12-25)10-16(27)22-15-4-3-13(9-14(15)20)33(30,31)23-18-17(19(28)29)21-11-32-18/h3-4,7-9,11-12,23H,5-6,10H2,1-2H3,(H-,22,27,28,29)/p+1. The molecule has 1 amide bonds. The molecular formula is C19H22FN6O5S2+. The molecule has 0 fully saturated rings. The van der Waals surface area contributed by atoms with E-state index in [1.54, 1.807) is 17.1 Å². The molecule has 2 aromatic heterocycles. The van der Waals surface area contributed by atoms with Crippen LogP contribution in [-0.4, -0.2) is 60.5 Å². The number of nitrogens with zero attached hydrogens (tertiary/aromatic N) is 4. The lowest BCUT2D eigenvalue weighted by Crippen LogP contribution is -2.38. The number of likely N-dealkylation sites (N-methyl/N-ethyl adjacent to an activating group) is 1. The molecule has 3 N–H and O–H groups in total. The van der Waals surface area contributed by atoms with Gasteiger partial charge >= 0.3 is 5.97 Å². The van der Waals surface area contributed by atoms with Gasteiger partial charge < -0.3 is 15.3 Å². The minimum absolute atomic E-state index is 0.0562. The molecule has 176 valence electrons. The maximum absolute atomic E-state index is 14.5. The molecule has 3 rings (SSSR count). The van der Waals surface area contributed by atoms with Gasteiger partial charge in [-0.05, 0) is 32.3 Å². The van der Waals surface area contributed by atoms with Crippen LogP contribution < -0.4 is 14.6 Å². The Hall–Kier alpha value is -3.36. The number of hydrogen-bond acceptors (Lipinski definition) is 7. The first kappa shape index (κ1) is 24.3. The summed E-state index contributed by atoms with van der Waals surface area (Å²) in [6.45, 7) is 1.52. The number of aromatic carboxylic acids is 1. The molecule has 0 aliphatic carbocycles. The Kier molecular flexibility index (Phi) is 7.40. The molecular weight excluding hydrogens is 475 g/mol. The molecule has 14 heteroatoms. The normalized spacial score (nSPS) is 11.5. The lowest BCUT2D eigenvalue weighted by atomic mass is 10.3. The van der Waals surface area contributed by atoms with E-state index in [0.29, 0.717) is 0 Å². The summed E-state index contributed by atoms with van der Waals surface area (Å²) in [4.78, 5) is 28.6. The third-order valence-electron chi connectivity index (χ3n) is 4.40. The Morgan fingerprint density at radius 2 is 2.09 bits per heavy atom. The minimum atomic E-state index is -4.27. The van der Waals surface area contributed by atoms with Gasteiger partial charge in [0.15, 0.2) is 12.2 Å². The summed E-state index contributed by atoms with van der Waals surface area (Å²) in [5, 5.41) is 11.3. The number of nitrogens with one attached hydrogen (secondary N) is 2. The van der Waals surface area contributed by atoms with Crippen molar-refractivity contribution in [3.63, 3.8) is 0 Å². The zero-order chi connectivity index (χ0) is 24.2. The number of amides is 1. The highest BCUT2D eigenvalue weighted by Gasteiger charge is 2.22. The number of imidazole rings is 1. The first-order chi connectivity index (χ1) is 15.5. The van der Waals surface area contributed by atoms with Crippen LogP contribution in [0, 0.1) is 5.82 Å². The number of carboxylic acids is 1. The van der Waals surface area contributed by atoms with Crippen molar-refractivity contribution in [2.24, 2.45) is 0 Å². The average Bonchev–Trinajstić information content (AvgIpc) is 3.36. The number of carboxylic acid groups (broad SMARTS) is 1. The van der Waals surface area contributed by atoms with E-state index in [1.165, 1.54) is 5.51 Å². The number of carbonyl (C=O) groups is 2. The first-order valence-corrected chi connectivity index (χ1v) is 11.9. The van der Waals surface area contributed by atoms with Crippen molar-refractivity contribution in [1.82, 2.24) is 14.5 Å². The summed E-state index contributed by atoms with van der Waals surface area (Å²) in [6, 6.07) is 2.97. The zero-order valence-electron chi connectivity index (χ0n) is 17.7. The van der Waals surface area contributed by atoms with Crippen LogP contribution in [0.4, 0.5) is 15.1 Å². The highest BCUT2D eigenvalue weighted by atomic mass is 32.2. The van der Waals surface area contributed by atoms with E-state index in [2.05, 4.69) is 15.0 Å². The predicted octanol–water partition coefficient (Wildman–Crippen LogP) is 1.07. The SMILES string of the molecule is CN(C)CCn1cc[n+](CC(=O)Nc2ccc(S(=O)(=O)Nc3scnc3C(=O)O)cc2F)c1.